The number of fused-ring (bicyclic) bond motifs is 4. The van der Waals surface area contributed by atoms with E-state index in [1.54, 1.807) is 0 Å². The van der Waals surface area contributed by atoms with Gasteiger partial charge in [-0.2, -0.15) is 0 Å². The fraction of sp³-hybridized carbons (Fsp3) is 0.0175. The predicted molar refractivity (Wildman–Crippen MR) is 261 cm³/mol. The van der Waals surface area contributed by atoms with E-state index < -0.39 is 15.8 Å². The molecule has 0 aliphatic carbocycles. The molecule has 0 atom stereocenters. The van der Waals surface area contributed by atoms with E-state index >= 15 is 0 Å². The first-order valence-corrected chi connectivity index (χ1v) is 23.2. The average molecular weight is 1000 g/mol. The van der Waals surface area contributed by atoms with Gasteiger partial charge >= 0.3 is 44.8 Å². The van der Waals surface area contributed by atoms with E-state index in [0.717, 1.165) is 32.7 Å². The van der Waals surface area contributed by atoms with Gasteiger partial charge in [0, 0.05) is 0 Å². The molecule has 10 aromatic rings. The van der Waals surface area contributed by atoms with Gasteiger partial charge < -0.3 is 12.8 Å². The van der Waals surface area contributed by atoms with Crippen LogP contribution in [-0.4, -0.2) is 5.90 Å². The van der Waals surface area contributed by atoms with Gasteiger partial charge in [0.15, 0.2) is 5.90 Å². The zero-order valence-corrected chi connectivity index (χ0v) is 38.2. The standard InChI is InChI=1S/C25H22P2.2C16H9.2Ag/c1-5-13-22(14-6-1)26(23-15-7-2-8-16-23)21-27(24-17-9-3-10-18-24)25-19-11-4-12-20-25;2*1-2-12-8-5-9-15-10-13-6-3-4-7-14(13)11-16(12)15;;/h1-20H,21H2;2*3-11H;;/q;2*-1;2*+1/p+2. The van der Waals surface area contributed by atoms with E-state index in [4.69, 9.17) is 12.8 Å². The molecule has 0 nitrogen and oxygen atoms in total. The Morgan fingerprint density at radius 3 is 0.852 bits per heavy atom. The minimum atomic E-state index is -0.847. The van der Waals surface area contributed by atoms with Gasteiger partial charge in [0.05, 0.1) is 0 Å². The summed E-state index contributed by atoms with van der Waals surface area (Å²) in [6.07, 6.45) is 14.6. The van der Waals surface area contributed by atoms with Crippen molar-refractivity contribution < 1.29 is 44.8 Å². The third-order valence-electron chi connectivity index (χ3n) is 10.6. The Hall–Kier alpha value is -5.30. The van der Waals surface area contributed by atoms with E-state index in [2.05, 4.69) is 194 Å². The molecule has 0 bridgehead atoms. The van der Waals surface area contributed by atoms with Crippen LogP contribution in [0.25, 0.3) is 43.1 Å². The first-order valence-electron chi connectivity index (χ1n) is 19.8. The third-order valence-corrected chi connectivity index (χ3v) is 17.6. The summed E-state index contributed by atoms with van der Waals surface area (Å²) in [5.41, 5.74) is 1.70. The van der Waals surface area contributed by atoms with Crippen molar-refractivity contribution in [1.82, 2.24) is 0 Å². The minimum absolute atomic E-state index is 0. The monoisotopic (exact) mass is 1000 g/mol. The van der Waals surface area contributed by atoms with Gasteiger partial charge in [-0.05, 0) is 93.0 Å². The summed E-state index contributed by atoms with van der Waals surface area (Å²) < 4.78 is 0. The quantitative estimate of drug-likeness (QED) is 0.0512. The van der Waals surface area contributed by atoms with Gasteiger partial charge in [0.2, 0.25) is 0 Å². The third kappa shape index (κ3) is 11.2. The normalized spacial score (nSPS) is 10.4. The second-order valence-corrected chi connectivity index (χ2v) is 19.9. The van der Waals surface area contributed by atoms with E-state index in [1.165, 1.54) is 48.7 Å². The first kappa shape index (κ1) is 45.2. The predicted octanol–water partition coefficient (Wildman–Crippen LogP) is 12.5. The van der Waals surface area contributed by atoms with Crippen LogP contribution in [-0.2, 0) is 44.8 Å². The largest absolute Gasteiger partial charge is 1.00 e. The number of rotatable bonds is 6. The number of hydrogen-bond donors (Lipinski definition) is 0. The molecule has 10 rings (SSSR count). The van der Waals surface area contributed by atoms with Gasteiger partial charge in [0.25, 0.3) is 0 Å². The second-order valence-electron chi connectivity index (χ2n) is 14.3. The molecule has 61 heavy (non-hydrogen) atoms. The molecule has 10 aromatic carbocycles. The molecule has 0 amide bonds. The fourth-order valence-corrected chi connectivity index (χ4v) is 15.4. The molecule has 0 saturated carbocycles. The summed E-state index contributed by atoms with van der Waals surface area (Å²) in [7, 11) is -1.69. The van der Waals surface area contributed by atoms with Crippen LogP contribution in [0, 0.1) is 24.7 Å². The molecule has 0 spiro atoms. The Bertz CT molecular complexity index is 2760. The minimum Gasteiger partial charge on any atom is -0.366 e. The van der Waals surface area contributed by atoms with Crippen LogP contribution in [0.2, 0.25) is 0 Å². The van der Waals surface area contributed by atoms with Crippen molar-refractivity contribution in [1.29, 1.82) is 0 Å². The molecule has 0 radical (unpaired) electrons. The molecule has 0 unspecified atom stereocenters. The molecule has 0 N–H and O–H groups in total. The van der Waals surface area contributed by atoms with Crippen molar-refractivity contribution in [3.63, 3.8) is 0 Å². The Labute approximate surface area is 394 Å². The molecular weight excluding hydrogens is 962 g/mol. The topological polar surface area (TPSA) is 0 Å². The van der Waals surface area contributed by atoms with Crippen molar-refractivity contribution in [2.24, 2.45) is 0 Å². The van der Waals surface area contributed by atoms with Crippen molar-refractivity contribution in [3.8, 4) is 11.8 Å². The van der Waals surface area contributed by atoms with E-state index in [0.29, 0.717) is 0 Å². The molecular formula is C57H42Ag2P2+2. The van der Waals surface area contributed by atoms with Gasteiger partial charge in [0.1, 0.15) is 37.1 Å². The number of hydrogen-bond acceptors (Lipinski definition) is 0. The Kier molecular flexibility index (Phi) is 16.7. The summed E-state index contributed by atoms with van der Waals surface area (Å²) in [6, 6.07) is 81.5. The SMILES string of the molecule is [Ag+].[Ag+].[C-]#Cc1cccc2cc3ccccc3cc12.[C-]#Cc1cccc2cc3ccccc3cc12.c1ccc([PH+](C[PH+](c2ccccc2)c2ccccc2)c2ccccc2)cc1. The van der Waals surface area contributed by atoms with Gasteiger partial charge in [-0.1, -0.05) is 168 Å². The molecule has 0 aliphatic heterocycles. The van der Waals surface area contributed by atoms with Crippen LogP contribution in [0.15, 0.2) is 231 Å². The molecule has 300 valence electrons. The Morgan fingerprint density at radius 2 is 0.557 bits per heavy atom. The maximum Gasteiger partial charge on any atom is 1.00 e. The molecule has 0 aliphatic rings. The van der Waals surface area contributed by atoms with Crippen molar-refractivity contribution in [3.05, 3.63) is 254 Å². The zero-order valence-electron chi connectivity index (χ0n) is 33.2. The Morgan fingerprint density at radius 1 is 0.295 bits per heavy atom. The van der Waals surface area contributed by atoms with Crippen LogP contribution >= 0.6 is 15.8 Å². The van der Waals surface area contributed by atoms with Crippen LogP contribution in [0.3, 0.4) is 0 Å². The maximum absolute atomic E-state index is 7.28. The fourth-order valence-electron chi connectivity index (χ4n) is 7.63. The second kappa shape index (κ2) is 22.5. The summed E-state index contributed by atoms with van der Waals surface area (Å²) in [4.78, 5) is 0. The van der Waals surface area contributed by atoms with Crippen LogP contribution in [0.1, 0.15) is 11.1 Å². The zero-order chi connectivity index (χ0) is 40.2. The van der Waals surface area contributed by atoms with Crippen LogP contribution < -0.4 is 21.2 Å². The summed E-state index contributed by atoms with van der Waals surface area (Å²) in [5.74, 6) is 6.22. The molecule has 4 heteroatoms. The molecule has 0 aromatic heterocycles. The van der Waals surface area contributed by atoms with Crippen molar-refractivity contribution >= 4 is 80.2 Å². The van der Waals surface area contributed by atoms with Gasteiger partial charge in [-0.15, -0.1) is 23.3 Å². The summed E-state index contributed by atoms with van der Waals surface area (Å²) >= 11 is 0. The van der Waals surface area contributed by atoms with Gasteiger partial charge in [-0.25, -0.2) is 0 Å². The van der Waals surface area contributed by atoms with E-state index in [9.17, 15) is 0 Å². The number of benzene rings is 10. The molecule has 0 saturated heterocycles. The van der Waals surface area contributed by atoms with Crippen LogP contribution in [0.4, 0.5) is 0 Å². The van der Waals surface area contributed by atoms with Crippen molar-refractivity contribution in [2.45, 2.75) is 0 Å². The Balaban J connectivity index is 0.000000159. The molecule has 0 heterocycles. The van der Waals surface area contributed by atoms with Crippen LogP contribution in [0.5, 0.6) is 0 Å². The summed E-state index contributed by atoms with van der Waals surface area (Å²) in [5, 5.41) is 15.4. The molecule has 0 fully saturated rings. The smallest absolute Gasteiger partial charge is 0.366 e. The van der Waals surface area contributed by atoms with E-state index in [-0.39, 0.29) is 44.8 Å². The van der Waals surface area contributed by atoms with E-state index in [1.807, 2.05) is 48.5 Å². The van der Waals surface area contributed by atoms with Crippen molar-refractivity contribution in [2.75, 3.05) is 5.90 Å². The van der Waals surface area contributed by atoms with Gasteiger partial charge in [-0.3, -0.25) is 11.8 Å². The average Bonchev–Trinajstić information content (AvgIpc) is 3.31. The maximum atomic E-state index is 7.28. The summed E-state index contributed by atoms with van der Waals surface area (Å²) in [6.45, 7) is 0. The first-order chi connectivity index (χ1) is 29.2.